The summed E-state index contributed by atoms with van der Waals surface area (Å²) in [5.74, 6) is -0.710. The van der Waals surface area contributed by atoms with Gasteiger partial charge in [0.15, 0.2) is 0 Å². The lowest BCUT2D eigenvalue weighted by Gasteiger charge is -2.30. The first-order valence-corrected chi connectivity index (χ1v) is 7.07. The van der Waals surface area contributed by atoms with Crippen molar-refractivity contribution < 1.29 is 9.59 Å². The summed E-state index contributed by atoms with van der Waals surface area (Å²) in [5, 5.41) is 3.33. The van der Waals surface area contributed by atoms with Gasteiger partial charge in [0.2, 0.25) is 11.8 Å². The van der Waals surface area contributed by atoms with Crippen molar-refractivity contribution in [3.05, 3.63) is 33.8 Å². The standard InChI is InChI=1S/C14H15Cl2NO2/c1-2-3-9-10(7-13(18)17-14(9)19)8-4-5-11(15)12(16)6-8/h4-6,9-10H,2-3,7H2,1H3,(H,17,18,19). The summed E-state index contributed by atoms with van der Waals surface area (Å²) in [4.78, 5) is 23.5. The van der Waals surface area contributed by atoms with Crippen molar-refractivity contribution in [3.8, 4) is 0 Å². The van der Waals surface area contributed by atoms with Crippen molar-refractivity contribution in [3.63, 3.8) is 0 Å². The molecule has 102 valence electrons. The Kier molecular flexibility index (Phi) is 4.48. The molecule has 3 nitrogen and oxygen atoms in total. The molecule has 2 unspecified atom stereocenters. The zero-order chi connectivity index (χ0) is 14.0. The fourth-order valence-electron chi connectivity index (χ4n) is 2.54. The maximum Gasteiger partial charge on any atom is 0.230 e. The van der Waals surface area contributed by atoms with E-state index in [4.69, 9.17) is 23.2 Å². The van der Waals surface area contributed by atoms with E-state index in [-0.39, 0.29) is 23.7 Å². The molecule has 1 aromatic carbocycles. The highest BCUT2D eigenvalue weighted by Gasteiger charge is 2.36. The van der Waals surface area contributed by atoms with E-state index in [9.17, 15) is 9.59 Å². The van der Waals surface area contributed by atoms with Gasteiger partial charge < -0.3 is 0 Å². The Balaban J connectivity index is 2.34. The highest BCUT2D eigenvalue weighted by atomic mass is 35.5. The fourth-order valence-corrected chi connectivity index (χ4v) is 2.85. The molecule has 5 heteroatoms. The van der Waals surface area contributed by atoms with Crippen LogP contribution < -0.4 is 5.32 Å². The molecule has 0 aliphatic carbocycles. The number of amides is 2. The van der Waals surface area contributed by atoms with Gasteiger partial charge in [-0.1, -0.05) is 42.6 Å². The number of benzene rings is 1. The van der Waals surface area contributed by atoms with Crippen molar-refractivity contribution in [2.45, 2.75) is 32.1 Å². The van der Waals surface area contributed by atoms with Crippen molar-refractivity contribution in [1.82, 2.24) is 5.32 Å². The van der Waals surface area contributed by atoms with E-state index in [1.54, 1.807) is 12.1 Å². The summed E-state index contributed by atoms with van der Waals surface area (Å²) in [5.41, 5.74) is 0.899. The molecule has 1 aliphatic rings. The van der Waals surface area contributed by atoms with Crippen molar-refractivity contribution >= 4 is 35.0 Å². The second kappa shape index (κ2) is 5.93. The Morgan fingerprint density at radius 1 is 1.26 bits per heavy atom. The lowest BCUT2D eigenvalue weighted by Crippen LogP contribution is -2.44. The molecule has 2 amide bonds. The average Bonchev–Trinajstić information content (AvgIpc) is 2.36. The molecule has 2 atom stereocenters. The molecule has 1 N–H and O–H groups in total. The highest BCUT2D eigenvalue weighted by Crippen LogP contribution is 2.36. The maximum absolute atomic E-state index is 11.9. The van der Waals surface area contributed by atoms with Crippen LogP contribution in [-0.2, 0) is 9.59 Å². The third-order valence-electron chi connectivity index (χ3n) is 3.46. The van der Waals surface area contributed by atoms with E-state index in [1.165, 1.54) is 0 Å². The summed E-state index contributed by atoms with van der Waals surface area (Å²) < 4.78 is 0. The largest absolute Gasteiger partial charge is 0.296 e. The van der Waals surface area contributed by atoms with E-state index in [2.05, 4.69) is 5.32 Å². The molecule has 1 aromatic rings. The van der Waals surface area contributed by atoms with Gasteiger partial charge in [-0.25, -0.2) is 0 Å². The molecule has 2 rings (SSSR count). The predicted octanol–water partition coefficient (Wildman–Crippen LogP) is 3.54. The first kappa shape index (κ1) is 14.4. The number of imide groups is 1. The summed E-state index contributed by atoms with van der Waals surface area (Å²) in [6, 6.07) is 5.30. The Bertz CT molecular complexity index is 516. The van der Waals surface area contributed by atoms with Gasteiger partial charge in [0, 0.05) is 18.3 Å². The van der Waals surface area contributed by atoms with Crippen LogP contribution in [0.3, 0.4) is 0 Å². The predicted molar refractivity (Wildman–Crippen MR) is 75.4 cm³/mol. The number of piperidine rings is 1. The first-order chi connectivity index (χ1) is 9.02. The molecular weight excluding hydrogens is 285 g/mol. The van der Waals surface area contributed by atoms with Crippen LogP contribution in [0.1, 0.15) is 37.7 Å². The third kappa shape index (κ3) is 3.10. The SMILES string of the molecule is CCCC1C(=O)NC(=O)CC1c1ccc(Cl)c(Cl)c1. The third-order valence-corrected chi connectivity index (χ3v) is 4.20. The summed E-state index contributed by atoms with van der Waals surface area (Å²) in [6.07, 6.45) is 1.96. The van der Waals surface area contributed by atoms with Crippen LogP contribution in [0, 0.1) is 5.92 Å². The van der Waals surface area contributed by atoms with E-state index >= 15 is 0 Å². The van der Waals surface area contributed by atoms with Gasteiger partial charge in [-0.3, -0.25) is 14.9 Å². The van der Waals surface area contributed by atoms with Crippen LogP contribution in [-0.4, -0.2) is 11.8 Å². The number of nitrogens with one attached hydrogen (secondary N) is 1. The second-order valence-corrected chi connectivity index (χ2v) is 5.61. The summed E-state index contributed by atoms with van der Waals surface area (Å²) in [6.45, 7) is 2.02. The number of carbonyl (C=O) groups excluding carboxylic acids is 2. The van der Waals surface area contributed by atoms with Crippen LogP contribution in [0.25, 0.3) is 0 Å². The number of carbonyl (C=O) groups is 2. The fraction of sp³-hybridized carbons (Fsp3) is 0.429. The average molecular weight is 300 g/mol. The van der Waals surface area contributed by atoms with Crippen molar-refractivity contribution in [1.29, 1.82) is 0 Å². The monoisotopic (exact) mass is 299 g/mol. The summed E-state index contributed by atoms with van der Waals surface area (Å²) >= 11 is 11.9. The number of hydrogen-bond donors (Lipinski definition) is 1. The van der Waals surface area contributed by atoms with Crippen molar-refractivity contribution in [2.24, 2.45) is 5.92 Å². The Morgan fingerprint density at radius 2 is 2.00 bits per heavy atom. The molecule has 0 saturated carbocycles. The topological polar surface area (TPSA) is 46.2 Å². The number of hydrogen-bond acceptors (Lipinski definition) is 2. The van der Waals surface area contributed by atoms with Gasteiger partial charge in [-0.15, -0.1) is 0 Å². The first-order valence-electron chi connectivity index (χ1n) is 6.31. The van der Waals surface area contributed by atoms with E-state index in [0.717, 1.165) is 18.4 Å². The Hall–Kier alpha value is -1.06. The molecule has 0 radical (unpaired) electrons. The van der Waals surface area contributed by atoms with Crippen LogP contribution in [0.15, 0.2) is 18.2 Å². The smallest absolute Gasteiger partial charge is 0.230 e. The molecule has 0 spiro atoms. The van der Waals surface area contributed by atoms with E-state index < -0.39 is 0 Å². The van der Waals surface area contributed by atoms with Crippen LogP contribution >= 0.6 is 23.2 Å². The quantitative estimate of drug-likeness (QED) is 0.868. The zero-order valence-corrected chi connectivity index (χ0v) is 12.1. The highest BCUT2D eigenvalue weighted by molar-refractivity contribution is 6.42. The van der Waals surface area contributed by atoms with Gasteiger partial charge in [-0.05, 0) is 24.1 Å². The molecule has 1 aliphatic heterocycles. The molecule has 19 heavy (non-hydrogen) atoms. The van der Waals surface area contributed by atoms with Gasteiger partial charge in [0.05, 0.1) is 10.0 Å². The lowest BCUT2D eigenvalue weighted by molar-refractivity contribution is -0.137. The van der Waals surface area contributed by atoms with Gasteiger partial charge in [0.1, 0.15) is 0 Å². The Morgan fingerprint density at radius 3 is 2.63 bits per heavy atom. The minimum atomic E-state index is -0.228. The molecule has 1 saturated heterocycles. The normalized spacial score (nSPS) is 23.3. The van der Waals surface area contributed by atoms with Gasteiger partial charge in [-0.2, -0.15) is 0 Å². The van der Waals surface area contributed by atoms with Gasteiger partial charge in [0.25, 0.3) is 0 Å². The minimum Gasteiger partial charge on any atom is -0.296 e. The maximum atomic E-state index is 11.9. The number of rotatable bonds is 3. The molecule has 1 fully saturated rings. The van der Waals surface area contributed by atoms with Crippen LogP contribution in [0.2, 0.25) is 10.0 Å². The molecule has 1 heterocycles. The van der Waals surface area contributed by atoms with E-state index in [0.29, 0.717) is 16.5 Å². The number of halogens is 2. The summed E-state index contributed by atoms with van der Waals surface area (Å²) in [7, 11) is 0. The van der Waals surface area contributed by atoms with E-state index in [1.807, 2.05) is 13.0 Å². The Labute approximate surface area is 122 Å². The molecule has 0 bridgehead atoms. The second-order valence-electron chi connectivity index (χ2n) is 4.79. The zero-order valence-electron chi connectivity index (χ0n) is 10.6. The molecule has 0 aromatic heterocycles. The lowest BCUT2D eigenvalue weighted by atomic mass is 9.78. The molecular formula is C14H15Cl2NO2. The minimum absolute atomic E-state index is 0.115. The van der Waals surface area contributed by atoms with Crippen molar-refractivity contribution in [2.75, 3.05) is 0 Å². The van der Waals surface area contributed by atoms with Gasteiger partial charge >= 0.3 is 0 Å². The van der Waals surface area contributed by atoms with Crippen LogP contribution in [0.4, 0.5) is 0 Å². The van der Waals surface area contributed by atoms with Crippen LogP contribution in [0.5, 0.6) is 0 Å².